The van der Waals surface area contributed by atoms with Gasteiger partial charge in [-0.15, -0.1) is 0 Å². The van der Waals surface area contributed by atoms with E-state index in [1.165, 1.54) is 12.3 Å². The van der Waals surface area contributed by atoms with Crippen LogP contribution in [0, 0.1) is 6.92 Å². The summed E-state index contributed by atoms with van der Waals surface area (Å²) < 4.78 is 38.0. The van der Waals surface area contributed by atoms with Crippen molar-refractivity contribution in [3.63, 3.8) is 0 Å². The molecule has 1 heterocycles. The first-order valence-electron chi connectivity index (χ1n) is 5.40. The lowest BCUT2D eigenvalue weighted by Crippen LogP contribution is -2.06. The molecule has 8 heteroatoms. The molecule has 0 radical (unpaired) electrons. The predicted octanol–water partition coefficient (Wildman–Crippen LogP) is 4.85. The molecule has 0 aliphatic carbocycles. The van der Waals surface area contributed by atoms with Gasteiger partial charge in [-0.3, -0.25) is 0 Å². The van der Waals surface area contributed by atoms with Crippen molar-refractivity contribution in [1.29, 1.82) is 0 Å². The molecule has 1 aromatic carbocycles. The van der Waals surface area contributed by atoms with Crippen molar-refractivity contribution in [2.75, 3.05) is 5.32 Å². The third-order valence-corrected chi connectivity index (χ3v) is 3.00. The molecule has 20 heavy (non-hydrogen) atoms. The second-order valence-electron chi connectivity index (χ2n) is 3.99. The Balaban J connectivity index is 2.40. The van der Waals surface area contributed by atoms with Gasteiger partial charge in [-0.2, -0.15) is 13.2 Å². The van der Waals surface area contributed by atoms with E-state index in [1.54, 1.807) is 6.92 Å². The number of benzene rings is 1. The second-order valence-corrected chi connectivity index (χ2v) is 4.73. The number of alkyl halides is 3. The summed E-state index contributed by atoms with van der Waals surface area (Å²) >= 11 is 11.5. The monoisotopic (exact) mass is 321 g/mol. The van der Waals surface area contributed by atoms with E-state index in [1.807, 2.05) is 0 Å². The first-order chi connectivity index (χ1) is 9.27. The average molecular weight is 322 g/mol. The number of hydrogen-bond donors (Lipinski definition) is 1. The highest BCUT2D eigenvalue weighted by atomic mass is 35.5. The van der Waals surface area contributed by atoms with Crippen LogP contribution in [0.3, 0.4) is 0 Å². The van der Waals surface area contributed by atoms with E-state index in [-0.39, 0.29) is 16.0 Å². The van der Waals surface area contributed by atoms with Gasteiger partial charge in [0.1, 0.15) is 5.82 Å². The summed E-state index contributed by atoms with van der Waals surface area (Å²) in [5.74, 6) is 0.297. The molecule has 2 rings (SSSR count). The highest BCUT2D eigenvalue weighted by Crippen LogP contribution is 2.35. The summed E-state index contributed by atoms with van der Waals surface area (Å²) in [5, 5.41) is 2.86. The quantitative estimate of drug-likeness (QED) is 0.803. The van der Waals surface area contributed by atoms with E-state index in [0.717, 1.165) is 12.1 Å². The van der Waals surface area contributed by atoms with Crippen LogP contribution in [0.5, 0.6) is 0 Å². The zero-order valence-electron chi connectivity index (χ0n) is 10.1. The molecule has 0 aliphatic rings. The van der Waals surface area contributed by atoms with Gasteiger partial charge in [0.05, 0.1) is 16.3 Å². The number of nitrogens with zero attached hydrogens (tertiary/aromatic N) is 2. The van der Waals surface area contributed by atoms with E-state index in [9.17, 15) is 13.2 Å². The largest absolute Gasteiger partial charge is 0.416 e. The fourth-order valence-corrected chi connectivity index (χ4v) is 1.77. The van der Waals surface area contributed by atoms with Crippen LogP contribution in [-0.2, 0) is 6.18 Å². The minimum Gasteiger partial charge on any atom is -0.339 e. The molecule has 0 saturated heterocycles. The Hall–Kier alpha value is -1.53. The van der Waals surface area contributed by atoms with E-state index in [4.69, 9.17) is 23.2 Å². The van der Waals surface area contributed by atoms with Crippen molar-refractivity contribution in [3.8, 4) is 0 Å². The number of aromatic nitrogens is 2. The van der Waals surface area contributed by atoms with E-state index < -0.39 is 11.7 Å². The van der Waals surface area contributed by atoms with E-state index in [2.05, 4.69) is 15.3 Å². The molecule has 1 aromatic heterocycles. The van der Waals surface area contributed by atoms with Crippen molar-refractivity contribution in [2.24, 2.45) is 0 Å². The zero-order chi connectivity index (χ0) is 14.9. The molecule has 0 atom stereocenters. The lowest BCUT2D eigenvalue weighted by atomic mass is 10.2. The topological polar surface area (TPSA) is 37.8 Å². The maximum absolute atomic E-state index is 12.7. The molecule has 0 unspecified atom stereocenters. The van der Waals surface area contributed by atoms with Crippen molar-refractivity contribution in [3.05, 3.63) is 45.8 Å². The smallest absolute Gasteiger partial charge is 0.339 e. The predicted molar refractivity (Wildman–Crippen MR) is 71.5 cm³/mol. The third-order valence-electron chi connectivity index (χ3n) is 2.49. The van der Waals surface area contributed by atoms with Crippen molar-refractivity contribution >= 4 is 34.7 Å². The highest BCUT2D eigenvalue weighted by molar-refractivity contribution is 6.33. The Morgan fingerprint density at radius 3 is 2.55 bits per heavy atom. The lowest BCUT2D eigenvalue weighted by molar-refractivity contribution is -0.137. The maximum Gasteiger partial charge on any atom is 0.416 e. The van der Waals surface area contributed by atoms with E-state index in [0.29, 0.717) is 11.4 Å². The summed E-state index contributed by atoms with van der Waals surface area (Å²) in [5.41, 5.74) is -0.0792. The van der Waals surface area contributed by atoms with Crippen LogP contribution < -0.4 is 5.32 Å². The summed E-state index contributed by atoms with van der Waals surface area (Å²) in [4.78, 5) is 7.67. The Kier molecular flexibility index (Phi) is 4.06. The first kappa shape index (κ1) is 14.9. The fraction of sp³-hybridized carbons (Fsp3) is 0.167. The Morgan fingerprint density at radius 1 is 1.20 bits per heavy atom. The van der Waals surface area contributed by atoms with Crippen LogP contribution in [0.2, 0.25) is 10.3 Å². The number of hydrogen-bond acceptors (Lipinski definition) is 3. The summed E-state index contributed by atoms with van der Waals surface area (Å²) in [6.07, 6.45) is -2.99. The van der Waals surface area contributed by atoms with Crippen molar-refractivity contribution in [1.82, 2.24) is 9.97 Å². The Bertz CT molecular complexity index is 644. The van der Waals surface area contributed by atoms with E-state index >= 15 is 0 Å². The summed E-state index contributed by atoms with van der Waals surface area (Å²) in [6, 6.07) is 3.00. The molecule has 1 N–H and O–H groups in total. The average Bonchev–Trinajstić information content (AvgIpc) is 2.35. The number of anilines is 2. The zero-order valence-corrected chi connectivity index (χ0v) is 11.6. The van der Waals surface area contributed by atoms with Gasteiger partial charge in [-0.1, -0.05) is 11.6 Å². The minimum absolute atomic E-state index is 0.0128. The Labute approximate surface area is 122 Å². The molecular weight excluding hydrogens is 314 g/mol. The molecule has 0 fully saturated rings. The van der Waals surface area contributed by atoms with Gasteiger partial charge < -0.3 is 5.32 Å². The van der Waals surface area contributed by atoms with Crippen LogP contribution in [0.15, 0.2) is 24.4 Å². The van der Waals surface area contributed by atoms with Crippen LogP contribution in [0.4, 0.5) is 24.7 Å². The normalized spacial score (nSPS) is 11.5. The molecule has 0 aliphatic heterocycles. The molecule has 0 saturated carbocycles. The lowest BCUT2D eigenvalue weighted by Gasteiger charge is -2.13. The van der Waals surface area contributed by atoms with Crippen LogP contribution >= 0.6 is 23.2 Å². The molecule has 0 amide bonds. The van der Waals surface area contributed by atoms with Crippen molar-refractivity contribution in [2.45, 2.75) is 13.1 Å². The van der Waals surface area contributed by atoms with Crippen LogP contribution in [0.25, 0.3) is 0 Å². The van der Waals surface area contributed by atoms with Gasteiger partial charge in [0.25, 0.3) is 0 Å². The molecular formula is C12H8Cl2F3N3. The maximum atomic E-state index is 12.7. The fourth-order valence-electron chi connectivity index (χ4n) is 1.47. The molecule has 2 aromatic rings. The van der Waals surface area contributed by atoms with Gasteiger partial charge >= 0.3 is 6.18 Å². The summed E-state index contributed by atoms with van der Waals surface area (Å²) in [7, 11) is 0. The van der Waals surface area contributed by atoms with Gasteiger partial charge in [0, 0.05) is 11.8 Å². The number of rotatable bonds is 2. The van der Waals surface area contributed by atoms with Crippen LogP contribution in [-0.4, -0.2) is 9.97 Å². The number of aryl methyl sites for hydroxylation is 1. The molecule has 106 valence electrons. The SMILES string of the molecule is Cc1cnc(Cl)nc1Nc1cc(C(F)(F)F)ccc1Cl. The molecule has 3 nitrogen and oxygen atoms in total. The van der Waals surface area contributed by atoms with Gasteiger partial charge in [0.15, 0.2) is 0 Å². The third kappa shape index (κ3) is 3.32. The van der Waals surface area contributed by atoms with Gasteiger partial charge in [-0.25, -0.2) is 9.97 Å². The Morgan fingerprint density at radius 2 is 1.90 bits per heavy atom. The minimum atomic E-state index is -4.45. The first-order valence-corrected chi connectivity index (χ1v) is 6.16. The number of halogens is 5. The van der Waals surface area contributed by atoms with Gasteiger partial charge in [-0.05, 0) is 36.7 Å². The molecule has 0 bridgehead atoms. The summed E-state index contributed by atoms with van der Waals surface area (Å²) in [6.45, 7) is 1.69. The molecule has 0 spiro atoms. The van der Waals surface area contributed by atoms with Crippen molar-refractivity contribution < 1.29 is 13.2 Å². The number of nitrogens with one attached hydrogen (secondary N) is 1. The van der Waals surface area contributed by atoms with Crippen LogP contribution in [0.1, 0.15) is 11.1 Å². The highest BCUT2D eigenvalue weighted by Gasteiger charge is 2.31. The van der Waals surface area contributed by atoms with Gasteiger partial charge in [0.2, 0.25) is 5.28 Å². The second kappa shape index (κ2) is 5.46. The standard InChI is InChI=1S/C12H8Cl2F3N3/c1-6-5-18-11(14)20-10(6)19-9-4-7(12(15,16)17)2-3-8(9)13/h2-5H,1H3,(H,18,19,20).